The van der Waals surface area contributed by atoms with Gasteiger partial charge in [0.25, 0.3) is 0 Å². The molecule has 0 atom stereocenters. The number of methoxy groups -OCH3 is 1. The van der Waals surface area contributed by atoms with Crippen molar-refractivity contribution in [2.75, 3.05) is 53.0 Å². The van der Waals surface area contributed by atoms with E-state index in [2.05, 4.69) is 21.2 Å². The Morgan fingerprint density at radius 2 is 2.00 bits per heavy atom. The van der Waals surface area contributed by atoms with E-state index in [0.29, 0.717) is 19.7 Å². The minimum Gasteiger partial charge on any atom is -0.383 e. The number of hydrogen-bond donors (Lipinski definition) is 1. The summed E-state index contributed by atoms with van der Waals surface area (Å²) >= 11 is 6.02. The zero-order valence-corrected chi connectivity index (χ0v) is 13.8. The first kappa shape index (κ1) is 17.2. The van der Waals surface area contributed by atoms with Gasteiger partial charge in [0.1, 0.15) is 0 Å². The van der Waals surface area contributed by atoms with Crippen molar-refractivity contribution >= 4 is 17.5 Å². The molecule has 0 aliphatic carbocycles. The van der Waals surface area contributed by atoms with Crippen LogP contribution in [0.2, 0.25) is 5.02 Å². The van der Waals surface area contributed by atoms with Crippen molar-refractivity contribution in [3.05, 3.63) is 34.9 Å². The Morgan fingerprint density at radius 1 is 1.27 bits per heavy atom. The zero-order chi connectivity index (χ0) is 15.8. The highest BCUT2D eigenvalue weighted by molar-refractivity contribution is 6.30. The molecule has 1 aromatic carbocycles. The summed E-state index contributed by atoms with van der Waals surface area (Å²) in [5, 5.41) is 3.64. The van der Waals surface area contributed by atoms with Crippen LogP contribution in [-0.4, -0.2) is 68.7 Å². The summed E-state index contributed by atoms with van der Waals surface area (Å²) in [6.45, 7) is 6.28. The number of nitrogens with one attached hydrogen (secondary N) is 1. The van der Waals surface area contributed by atoms with Gasteiger partial charge >= 0.3 is 0 Å². The number of carbonyl (C=O) groups is 1. The minimum absolute atomic E-state index is 0.0698. The molecular formula is C16H24ClN3O2. The molecule has 1 heterocycles. The number of hydrogen-bond acceptors (Lipinski definition) is 4. The van der Waals surface area contributed by atoms with E-state index < -0.39 is 0 Å². The molecular weight excluding hydrogens is 302 g/mol. The minimum atomic E-state index is 0.0698. The van der Waals surface area contributed by atoms with Gasteiger partial charge in [-0.15, -0.1) is 0 Å². The molecule has 122 valence electrons. The van der Waals surface area contributed by atoms with Crippen LogP contribution in [0.5, 0.6) is 0 Å². The summed E-state index contributed by atoms with van der Waals surface area (Å²) < 4.78 is 4.92. The van der Waals surface area contributed by atoms with Crippen molar-refractivity contribution in [1.29, 1.82) is 0 Å². The summed E-state index contributed by atoms with van der Waals surface area (Å²) in [7, 11) is 1.63. The Hall–Kier alpha value is -1.14. The number of carbonyl (C=O) groups excluding carboxylic acids is 1. The number of benzene rings is 1. The van der Waals surface area contributed by atoms with E-state index in [1.54, 1.807) is 7.11 Å². The number of nitrogens with zero attached hydrogens (tertiary/aromatic N) is 2. The van der Waals surface area contributed by atoms with Crippen molar-refractivity contribution in [1.82, 2.24) is 15.1 Å². The molecule has 6 heteroatoms. The van der Waals surface area contributed by atoms with Crippen LogP contribution in [0.25, 0.3) is 0 Å². The maximum atomic E-state index is 11.8. The molecule has 0 aromatic heterocycles. The highest BCUT2D eigenvalue weighted by atomic mass is 35.5. The fourth-order valence-corrected chi connectivity index (χ4v) is 2.76. The molecule has 1 aliphatic heterocycles. The van der Waals surface area contributed by atoms with Crippen molar-refractivity contribution in [2.24, 2.45) is 0 Å². The summed E-state index contributed by atoms with van der Waals surface area (Å²) in [5.74, 6) is 0.0698. The molecule has 0 bridgehead atoms. The summed E-state index contributed by atoms with van der Waals surface area (Å²) in [4.78, 5) is 16.3. The van der Waals surface area contributed by atoms with Crippen LogP contribution in [0.3, 0.4) is 0 Å². The second-order valence-electron chi connectivity index (χ2n) is 5.52. The smallest absolute Gasteiger partial charge is 0.234 e. The third-order valence-electron chi connectivity index (χ3n) is 3.76. The van der Waals surface area contributed by atoms with Crippen molar-refractivity contribution in [3.63, 3.8) is 0 Å². The van der Waals surface area contributed by atoms with Gasteiger partial charge in [-0.05, 0) is 17.7 Å². The van der Waals surface area contributed by atoms with Crippen LogP contribution < -0.4 is 5.32 Å². The molecule has 2 rings (SSSR count). The Bertz CT molecular complexity index is 476. The van der Waals surface area contributed by atoms with Crippen molar-refractivity contribution < 1.29 is 9.53 Å². The maximum Gasteiger partial charge on any atom is 0.234 e. The zero-order valence-electron chi connectivity index (χ0n) is 13.1. The van der Waals surface area contributed by atoms with E-state index in [1.807, 2.05) is 18.2 Å². The van der Waals surface area contributed by atoms with Gasteiger partial charge in [-0.1, -0.05) is 23.7 Å². The maximum absolute atomic E-state index is 11.8. The van der Waals surface area contributed by atoms with Crippen molar-refractivity contribution in [3.8, 4) is 0 Å². The molecule has 1 aliphatic rings. The molecule has 1 saturated heterocycles. The summed E-state index contributed by atoms with van der Waals surface area (Å²) in [6.07, 6.45) is 0. The van der Waals surface area contributed by atoms with Gasteiger partial charge in [-0.2, -0.15) is 0 Å². The molecule has 0 radical (unpaired) electrons. The average molecular weight is 326 g/mol. The fourth-order valence-electron chi connectivity index (χ4n) is 2.55. The lowest BCUT2D eigenvalue weighted by molar-refractivity contribution is -0.122. The highest BCUT2D eigenvalue weighted by Gasteiger charge is 2.18. The quantitative estimate of drug-likeness (QED) is 0.766. The van der Waals surface area contributed by atoms with Gasteiger partial charge in [-0.3, -0.25) is 14.6 Å². The van der Waals surface area contributed by atoms with Gasteiger partial charge in [0.2, 0.25) is 5.91 Å². The van der Waals surface area contributed by atoms with Crippen LogP contribution in [0.4, 0.5) is 0 Å². The lowest BCUT2D eigenvalue weighted by atomic mass is 10.2. The van der Waals surface area contributed by atoms with E-state index in [-0.39, 0.29) is 5.91 Å². The highest BCUT2D eigenvalue weighted by Crippen LogP contribution is 2.13. The van der Waals surface area contributed by atoms with Gasteiger partial charge < -0.3 is 10.1 Å². The first-order chi connectivity index (χ1) is 10.7. The van der Waals surface area contributed by atoms with E-state index in [9.17, 15) is 4.79 Å². The molecule has 1 aromatic rings. The van der Waals surface area contributed by atoms with E-state index in [1.165, 1.54) is 5.56 Å². The van der Waals surface area contributed by atoms with Crippen LogP contribution in [0.1, 0.15) is 5.56 Å². The second kappa shape index (κ2) is 9.10. The Balaban J connectivity index is 1.68. The Morgan fingerprint density at radius 3 is 2.68 bits per heavy atom. The third kappa shape index (κ3) is 5.93. The Labute approximate surface area is 137 Å². The number of halogens is 1. The predicted molar refractivity (Wildman–Crippen MR) is 88.1 cm³/mol. The summed E-state index contributed by atoms with van der Waals surface area (Å²) in [5.41, 5.74) is 1.23. The molecule has 0 saturated carbocycles. The molecule has 1 fully saturated rings. The normalized spacial score (nSPS) is 16.6. The Kier molecular flexibility index (Phi) is 7.12. The fraction of sp³-hybridized carbons (Fsp3) is 0.562. The van der Waals surface area contributed by atoms with Crippen LogP contribution >= 0.6 is 11.6 Å². The molecule has 1 N–H and O–H groups in total. The largest absolute Gasteiger partial charge is 0.383 e. The summed E-state index contributed by atoms with van der Waals surface area (Å²) in [6, 6.07) is 7.99. The third-order valence-corrected chi connectivity index (χ3v) is 3.99. The van der Waals surface area contributed by atoms with E-state index >= 15 is 0 Å². The van der Waals surface area contributed by atoms with Crippen LogP contribution in [0, 0.1) is 0 Å². The second-order valence-corrected chi connectivity index (χ2v) is 5.96. The number of rotatable bonds is 7. The monoisotopic (exact) mass is 325 g/mol. The van der Waals surface area contributed by atoms with Gasteiger partial charge in [-0.25, -0.2) is 0 Å². The molecule has 1 amide bonds. The van der Waals surface area contributed by atoms with Gasteiger partial charge in [0.05, 0.1) is 13.2 Å². The molecule has 0 spiro atoms. The lowest BCUT2D eigenvalue weighted by Gasteiger charge is -2.34. The van der Waals surface area contributed by atoms with Gasteiger partial charge in [0.15, 0.2) is 0 Å². The molecule has 5 nitrogen and oxygen atoms in total. The van der Waals surface area contributed by atoms with E-state index in [4.69, 9.17) is 16.3 Å². The first-order valence-electron chi connectivity index (χ1n) is 7.62. The number of ether oxygens (including phenoxy) is 1. The van der Waals surface area contributed by atoms with Gasteiger partial charge in [0, 0.05) is 51.4 Å². The van der Waals surface area contributed by atoms with E-state index in [0.717, 1.165) is 37.7 Å². The molecule has 0 unspecified atom stereocenters. The predicted octanol–water partition coefficient (Wildman–Crippen LogP) is 1.22. The number of amides is 1. The average Bonchev–Trinajstić information content (AvgIpc) is 2.50. The number of piperazine rings is 1. The van der Waals surface area contributed by atoms with Crippen molar-refractivity contribution in [2.45, 2.75) is 6.54 Å². The SMILES string of the molecule is COCCNC(=O)CN1CCN(Cc2cccc(Cl)c2)CC1. The standard InChI is InChI=1S/C16H24ClN3O2/c1-22-10-5-18-16(21)13-20-8-6-19(7-9-20)12-14-3-2-4-15(17)11-14/h2-4,11H,5-10,12-13H2,1H3,(H,18,21). The molecule has 22 heavy (non-hydrogen) atoms. The van der Waals surface area contributed by atoms with Crippen LogP contribution in [-0.2, 0) is 16.1 Å². The first-order valence-corrected chi connectivity index (χ1v) is 8.00. The lowest BCUT2D eigenvalue weighted by Crippen LogP contribution is -2.49. The van der Waals surface area contributed by atoms with Crippen LogP contribution in [0.15, 0.2) is 24.3 Å². The topological polar surface area (TPSA) is 44.8 Å².